The molecule has 2 aliphatic rings. The van der Waals surface area contributed by atoms with Crippen LogP contribution in [0.4, 0.5) is 0 Å². The molecule has 2 saturated carbocycles. The molecule has 2 aliphatic carbocycles. The fourth-order valence-electron chi connectivity index (χ4n) is 4.02. The highest BCUT2D eigenvalue weighted by Crippen LogP contribution is 2.57. The largest absolute Gasteiger partial charge is 0.548 e. The van der Waals surface area contributed by atoms with Crippen molar-refractivity contribution in [2.75, 3.05) is 0 Å². The molecule has 0 N–H and O–H groups in total. The van der Waals surface area contributed by atoms with Crippen molar-refractivity contribution >= 4 is 8.32 Å². The molecule has 0 radical (unpaired) electrons. The Hall–Kier alpha value is -0.243. The molecule has 104 valence electrons. The quantitative estimate of drug-likeness (QED) is 0.483. The average Bonchev–Trinajstić information content (AvgIpc) is 2.56. The van der Waals surface area contributed by atoms with E-state index < -0.39 is 8.32 Å². The maximum atomic E-state index is 6.23. The van der Waals surface area contributed by atoms with Crippen LogP contribution in [-0.2, 0) is 4.43 Å². The van der Waals surface area contributed by atoms with Gasteiger partial charge in [-0.15, -0.1) is 0 Å². The molecular weight excluding hydrogens is 236 g/mol. The van der Waals surface area contributed by atoms with Crippen LogP contribution >= 0.6 is 0 Å². The summed E-state index contributed by atoms with van der Waals surface area (Å²) in [6.07, 6.45) is 6.88. The predicted molar refractivity (Wildman–Crippen MR) is 81.0 cm³/mol. The molecular formula is C16H30OSi. The van der Waals surface area contributed by atoms with Gasteiger partial charge in [0.05, 0.1) is 5.76 Å². The van der Waals surface area contributed by atoms with E-state index in [9.17, 15) is 0 Å². The van der Waals surface area contributed by atoms with E-state index in [1.165, 1.54) is 37.9 Å². The first kappa shape index (κ1) is 14.2. The number of hydrogen-bond acceptors (Lipinski definition) is 1. The van der Waals surface area contributed by atoms with Crippen LogP contribution in [0, 0.1) is 17.3 Å². The monoisotopic (exact) mass is 266 g/mol. The van der Waals surface area contributed by atoms with Gasteiger partial charge in [0.1, 0.15) is 0 Å². The second-order valence-corrected chi connectivity index (χ2v) is 12.2. The van der Waals surface area contributed by atoms with Crippen LogP contribution in [0.5, 0.6) is 0 Å². The van der Waals surface area contributed by atoms with Crippen LogP contribution < -0.4 is 0 Å². The molecule has 0 aromatic carbocycles. The summed E-state index contributed by atoms with van der Waals surface area (Å²) in [6, 6.07) is 0. The van der Waals surface area contributed by atoms with Gasteiger partial charge in [0.2, 0.25) is 8.32 Å². The van der Waals surface area contributed by atoms with Crippen molar-refractivity contribution in [3.63, 3.8) is 0 Å². The zero-order valence-corrected chi connectivity index (χ0v) is 14.1. The van der Waals surface area contributed by atoms with Crippen LogP contribution in [0.15, 0.2) is 11.3 Å². The maximum Gasteiger partial charge on any atom is 0.241 e. The Morgan fingerprint density at radius 1 is 1.28 bits per heavy atom. The van der Waals surface area contributed by atoms with Crippen molar-refractivity contribution < 1.29 is 4.43 Å². The molecule has 2 fully saturated rings. The number of rotatable bonds is 2. The van der Waals surface area contributed by atoms with Gasteiger partial charge < -0.3 is 4.43 Å². The van der Waals surface area contributed by atoms with Crippen molar-refractivity contribution in [1.29, 1.82) is 0 Å². The van der Waals surface area contributed by atoms with Crippen molar-refractivity contribution in [3.8, 4) is 0 Å². The normalized spacial score (nSPS) is 39.4. The summed E-state index contributed by atoms with van der Waals surface area (Å²) < 4.78 is 6.23. The van der Waals surface area contributed by atoms with Gasteiger partial charge in [-0.1, -0.05) is 26.7 Å². The molecule has 0 aromatic heterocycles. The van der Waals surface area contributed by atoms with E-state index in [0.717, 1.165) is 11.8 Å². The molecule has 0 spiro atoms. The first-order valence-electron chi connectivity index (χ1n) is 7.60. The standard InChI is InChI=1S/C16H30OSi/c1-12-8-7-9-15-10-14(11-16(12,15)3)13(2)17-18(4,5)6/h12,15H,7-11H2,1-6H3/b14-13-/t12-,15+,16+/m0/s1. The van der Waals surface area contributed by atoms with E-state index >= 15 is 0 Å². The highest BCUT2D eigenvalue weighted by molar-refractivity contribution is 6.70. The first-order chi connectivity index (χ1) is 8.22. The van der Waals surface area contributed by atoms with Gasteiger partial charge in [0.25, 0.3) is 0 Å². The minimum atomic E-state index is -1.44. The lowest BCUT2D eigenvalue weighted by atomic mass is 9.63. The SMILES string of the molecule is C/C(O[Si](C)(C)C)=C1\C[C@H]2CCC[C@H](C)[C@@]2(C)C1. The highest BCUT2D eigenvalue weighted by Gasteiger charge is 2.47. The van der Waals surface area contributed by atoms with E-state index in [1.54, 1.807) is 5.57 Å². The van der Waals surface area contributed by atoms with Crippen molar-refractivity contribution in [2.24, 2.45) is 17.3 Å². The minimum Gasteiger partial charge on any atom is -0.548 e. The fraction of sp³-hybridized carbons (Fsp3) is 0.875. The third-order valence-corrected chi connectivity index (χ3v) is 6.21. The summed E-state index contributed by atoms with van der Waals surface area (Å²) in [5.41, 5.74) is 2.18. The van der Waals surface area contributed by atoms with E-state index in [-0.39, 0.29) is 0 Å². The van der Waals surface area contributed by atoms with Crippen LogP contribution in [0.25, 0.3) is 0 Å². The summed E-state index contributed by atoms with van der Waals surface area (Å²) in [5.74, 6) is 3.06. The molecule has 0 unspecified atom stereocenters. The van der Waals surface area contributed by atoms with Crippen LogP contribution in [-0.4, -0.2) is 8.32 Å². The van der Waals surface area contributed by atoms with Gasteiger partial charge in [-0.2, -0.15) is 0 Å². The van der Waals surface area contributed by atoms with Crippen molar-refractivity contribution in [3.05, 3.63) is 11.3 Å². The predicted octanol–water partition coefficient (Wildman–Crippen LogP) is 5.35. The second kappa shape index (κ2) is 4.70. The lowest BCUT2D eigenvalue weighted by Crippen LogP contribution is -2.33. The molecule has 3 atom stereocenters. The summed E-state index contributed by atoms with van der Waals surface area (Å²) in [5, 5.41) is 0. The third kappa shape index (κ3) is 2.68. The fourth-order valence-corrected chi connectivity index (χ4v) is 5.08. The molecule has 0 saturated heterocycles. The highest BCUT2D eigenvalue weighted by atomic mass is 28.4. The van der Waals surface area contributed by atoms with Crippen molar-refractivity contribution in [1.82, 2.24) is 0 Å². The van der Waals surface area contributed by atoms with E-state index in [2.05, 4.69) is 40.4 Å². The Kier molecular flexibility index (Phi) is 3.70. The molecule has 0 aromatic rings. The average molecular weight is 267 g/mol. The second-order valence-electron chi connectivity index (χ2n) is 7.79. The molecule has 18 heavy (non-hydrogen) atoms. The molecule has 2 rings (SSSR count). The number of fused-ring (bicyclic) bond motifs is 1. The summed E-state index contributed by atoms with van der Waals surface area (Å²) in [4.78, 5) is 0. The Labute approximate surface area is 114 Å². The maximum absolute atomic E-state index is 6.23. The van der Waals surface area contributed by atoms with Gasteiger partial charge in [-0.05, 0) is 68.7 Å². The van der Waals surface area contributed by atoms with Gasteiger partial charge in [-0.25, -0.2) is 0 Å². The van der Waals surface area contributed by atoms with Gasteiger partial charge in [0, 0.05) is 0 Å². The number of hydrogen-bond donors (Lipinski definition) is 0. The van der Waals surface area contributed by atoms with E-state index in [0.29, 0.717) is 5.41 Å². The molecule has 1 nitrogen and oxygen atoms in total. The summed E-state index contributed by atoms with van der Waals surface area (Å²) >= 11 is 0. The molecule has 0 aliphatic heterocycles. The molecule has 0 amide bonds. The third-order valence-electron chi connectivity index (χ3n) is 5.29. The topological polar surface area (TPSA) is 9.23 Å². The summed E-state index contributed by atoms with van der Waals surface area (Å²) in [6.45, 7) is 14.0. The van der Waals surface area contributed by atoms with Gasteiger partial charge >= 0.3 is 0 Å². The minimum absolute atomic E-state index is 0.553. The Balaban J connectivity index is 2.17. The Bertz CT molecular complexity index is 353. The van der Waals surface area contributed by atoms with E-state index in [1.807, 2.05) is 0 Å². The van der Waals surface area contributed by atoms with Crippen LogP contribution in [0.2, 0.25) is 19.6 Å². The zero-order chi connectivity index (χ0) is 13.6. The zero-order valence-electron chi connectivity index (χ0n) is 13.1. The van der Waals surface area contributed by atoms with Crippen LogP contribution in [0.1, 0.15) is 52.9 Å². The Morgan fingerprint density at radius 3 is 2.50 bits per heavy atom. The van der Waals surface area contributed by atoms with Gasteiger partial charge in [0.15, 0.2) is 0 Å². The summed E-state index contributed by atoms with van der Waals surface area (Å²) in [7, 11) is -1.44. The molecule has 0 bridgehead atoms. The smallest absolute Gasteiger partial charge is 0.241 e. The molecule has 2 heteroatoms. The number of allylic oxidation sites excluding steroid dienone is 2. The van der Waals surface area contributed by atoms with Crippen LogP contribution in [0.3, 0.4) is 0 Å². The van der Waals surface area contributed by atoms with Crippen molar-refractivity contribution in [2.45, 2.75) is 72.5 Å². The molecule has 0 heterocycles. The van der Waals surface area contributed by atoms with E-state index in [4.69, 9.17) is 4.43 Å². The lowest BCUT2D eigenvalue weighted by Gasteiger charge is -2.41. The lowest BCUT2D eigenvalue weighted by molar-refractivity contribution is 0.0818. The van der Waals surface area contributed by atoms with Gasteiger partial charge in [-0.3, -0.25) is 0 Å². The Morgan fingerprint density at radius 2 is 1.94 bits per heavy atom. The first-order valence-corrected chi connectivity index (χ1v) is 11.0.